The first-order chi connectivity index (χ1) is 15.3. The first-order valence-corrected chi connectivity index (χ1v) is 13.2. The molecule has 1 heterocycles. The predicted molar refractivity (Wildman–Crippen MR) is 128 cm³/mol. The maximum atomic E-state index is 13.0. The van der Waals surface area contributed by atoms with E-state index in [4.69, 9.17) is 22.3 Å². The van der Waals surface area contributed by atoms with Gasteiger partial charge in [-0.05, 0) is 31.4 Å². The van der Waals surface area contributed by atoms with Gasteiger partial charge in [0.2, 0.25) is 16.1 Å². The van der Waals surface area contributed by atoms with Crippen molar-refractivity contribution in [3.63, 3.8) is 0 Å². The minimum atomic E-state index is -4.92. The van der Waals surface area contributed by atoms with Crippen molar-refractivity contribution < 1.29 is 36.3 Å². The number of alkyl halides is 1. The van der Waals surface area contributed by atoms with E-state index in [2.05, 4.69) is 20.9 Å². The number of ether oxygens (including phenoxy) is 1. The number of halogens is 1. The maximum absolute atomic E-state index is 13.0. The first-order valence-electron chi connectivity index (χ1n) is 10.8. The summed E-state index contributed by atoms with van der Waals surface area (Å²) in [6.45, 7) is 0.736. The fourth-order valence-electron chi connectivity index (χ4n) is 2.87. The third-order valence-electron chi connectivity index (χ3n) is 4.69. The molecule has 1 rings (SSSR count). The van der Waals surface area contributed by atoms with Gasteiger partial charge in [0.25, 0.3) is 0 Å². The van der Waals surface area contributed by atoms with Crippen molar-refractivity contribution in [1.82, 2.24) is 9.88 Å². The molecule has 0 fully saturated rings. The van der Waals surface area contributed by atoms with E-state index in [1.54, 1.807) is 32.4 Å². The van der Waals surface area contributed by atoms with Crippen LogP contribution >= 0.6 is 15.9 Å². The van der Waals surface area contributed by atoms with Crippen LogP contribution in [0.3, 0.4) is 0 Å². The van der Waals surface area contributed by atoms with Crippen LogP contribution in [-0.4, -0.2) is 84.0 Å². The second-order valence-electron chi connectivity index (χ2n) is 8.27. The molecule has 0 aliphatic heterocycles. The van der Waals surface area contributed by atoms with Crippen LogP contribution in [-0.2, 0) is 10.4 Å². The highest BCUT2D eigenvalue weighted by molar-refractivity contribution is 9.09. The largest absolute Gasteiger partial charge is 0.726 e. The Bertz CT molecular complexity index is 825. The standard InChI is InChI=1S/C21H35BrN3O3.H2O4S/c1-24(2)21(27)28-18-14-13-16-23-19(18)20(26)25(3,4)17-12-10-8-6-5-7-9-11-15-22;1-5(2,3)4/h13-14,16H,5-12,15,17H2,1-4H3;(H2,1,2,3,4)/q+1;/p-1. The Hall–Kier alpha value is -1.60. The number of quaternary nitrogens is 1. The Kier molecular flexibility index (Phi) is 15.3. The summed E-state index contributed by atoms with van der Waals surface area (Å²) in [6, 6.07) is 3.27. The molecule has 0 radical (unpaired) electrons. The Labute approximate surface area is 205 Å². The molecule has 2 amide bonds. The number of aromatic nitrogens is 1. The van der Waals surface area contributed by atoms with E-state index in [1.165, 1.54) is 43.4 Å². The van der Waals surface area contributed by atoms with Crippen molar-refractivity contribution in [1.29, 1.82) is 0 Å². The molecule has 0 unspecified atom stereocenters. The number of nitrogens with zero attached hydrogens (tertiary/aromatic N) is 3. The maximum Gasteiger partial charge on any atom is 0.414 e. The molecule has 0 atom stereocenters. The van der Waals surface area contributed by atoms with Crippen molar-refractivity contribution in [2.24, 2.45) is 0 Å². The van der Waals surface area contributed by atoms with Crippen molar-refractivity contribution >= 4 is 38.3 Å². The summed E-state index contributed by atoms with van der Waals surface area (Å²) < 4.78 is 38.3. The van der Waals surface area contributed by atoms with Crippen LogP contribution in [0.15, 0.2) is 18.3 Å². The average molecular weight is 555 g/mol. The van der Waals surface area contributed by atoms with E-state index in [0.29, 0.717) is 0 Å². The monoisotopic (exact) mass is 553 g/mol. The Morgan fingerprint density at radius 2 is 1.58 bits per heavy atom. The molecule has 33 heavy (non-hydrogen) atoms. The summed E-state index contributed by atoms with van der Waals surface area (Å²) in [4.78, 5) is 30.4. The molecule has 1 N–H and O–H groups in total. The molecule has 0 spiro atoms. The van der Waals surface area contributed by atoms with E-state index in [0.717, 1.165) is 24.7 Å². The van der Waals surface area contributed by atoms with Crippen LogP contribution < -0.4 is 4.74 Å². The number of hydrogen-bond acceptors (Lipinski definition) is 7. The minimum Gasteiger partial charge on any atom is -0.726 e. The van der Waals surface area contributed by atoms with Gasteiger partial charge in [0.1, 0.15) is 0 Å². The minimum absolute atomic E-state index is 0.142. The third-order valence-corrected chi connectivity index (χ3v) is 5.25. The second-order valence-corrected chi connectivity index (χ2v) is 9.92. The number of carbonyl (C=O) groups is 2. The fraction of sp³-hybridized carbons (Fsp3) is 0.667. The van der Waals surface area contributed by atoms with Crippen LogP contribution in [0.25, 0.3) is 0 Å². The molecule has 0 aromatic carbocycles. The molecule has 0 aliphatic carbocycles. The van der Waals surface area contributed by atoms with Gasteiger partial charge in [0, 0.05) is 25.6 Å². The lowest BCUT2D eigenvalue weighted by molar-refractivity contribution is -0.808. The van der Waals surface area contributed by atoms with Crippen LogP contribution in [0.5, 0.6) is 5.75 Å². The highest BCUT2D eigenvalue weighted by Gasteiger charge is 2.32. The lowest BCUT2D eigenvalue weighted by Crippen LogP contribution is -2.46. The summed E-state index contributed by atoms with van der Waals surface area (Å²) in [5.74, 6) is 0.0674. The smallest absolute Gasteiger partial charge is 0.414 e. The first kappa shape index (κ1) is 31.4. The van der Waals surface area contributed by atoms with Gasteiger partial charge in [0.05, 0.1) is 20.6 Å². The molecule has 0 aliphatic rings. The average Bonchev–Trinajstić information content (AvgIpc) is 2.71. The number of unbranched alkanes of at least 4 members (excludes halogenated alkanes) is 7. The lowest BCUT2D eigenvalue weighted by Gasteiger charge is -2.27. The number of carbonyl (C=O) groups excluding carboxylic acids is 2. The van der Waals surface area contributed by atoms with Gasteiger partial charge in [0.15, 0.2) is 5.75 Å². The van der Waals surface area contributed by atoms with Crippen molar-refractivity contribution in [3.8, 4) is 5.75 Å². The Morgan fingerprint density at radius 1 is 1.09 bits per heavy atom. The summed E-state index contributed by atoms with van der Waals surface area (Å²) in [5.41, 5.74) is 0.203. The molecule has 1 aromatic rings. The molecule has 1 aromatic heterocycles. The molecule has 10 nitrogen and oxygen atoms in total. The van der Waals surface area contributed by atoms with Gasteiger partial charge in [-0.2, -0.15) is 0 Å². The summed E-state index contributed by atoms with van der Waals surface area (Å²) >= 11 is 3.46. The second kappa shape index (κ2) is 16.1. The zero-order valence-corrected chi connectivity index (χ0v) is 22.2. The summed E-state index contributed by atoms with van der Waals surface area (Å²) in [5, 5.41) is 1.10. The molecule has 0 saturated heterocycles. The molecule has 190 valence electrons. The van der Waals surface area contributed by atoms with Gasteiger partial charge < -0.3 is 14.2 Å². The third kappa shape index (κ3) is 15.8. The molecule has 0 bridgehead atoms. The van der Waals surface area contributed by atoms with E-state index in [-0.39, 0.29) is 21.8 Å². The van der Waals surface area contributed by atoms with Gasteiger partial charge >= 0.3 is 12.0 Å². The highest BCUT2D eigenvalue weighted by atomic mass is 79.9. The molecule has 0 saturated carbocycles. The predicted octanol–water partition coefficient (Wildman–Crippen LogP) is 3.88. The van der Waals surface area contributed by atoms with E-state index in [9.17, 15) is 9.59 Å². The quantitative estimate of drug-likeness (QED) is 0.135. The molecule has 12 heteroatoms. The zero-order chi connectivity index (χ0) is 25.5. The van der Waals surface area contributed by atoms with Crippen LogP contribution in [0.1, 0.15) is 61.9 Å². The zero-order valence-electron chi connectivity index (χ0n) is 19.8. The van der Waals surface area contributed by atoms with Crippen molar-refractivity contribution in [3.05, 3.63) is 24.0 Å². The Morgan fingerprint density at radius 3 is 2.06 bits per heavy atom. The lowest BCUT2D eigenvalue weighted by atomic mass is 10.1. The van der Waals surface area contributed by atoms with Crippen molar-refractivity contribution in [2.75, 3.05) is 40.1 Å². The highest BCUT2D eigenvalue weighted by Crippen LogP contribution is 2.21. The van der Waals surface area contributed by atoms with Crippen LogP contribution in [0.2, 0.25) is 0 Å². The van der Waals surface area contributed by atoms with Gasteiger partial charge in [-0.1, -0.05) is 48.0 Å². The van der Waals surface area contributed by atoms with E-state index in [1.807, 2.05) is 14.1 Å². The number of rotatable bonds is 12. The number of pyridine rings is 1. The van der Waals surface area contributed by atoms with E-state index < -0.39 is 16.5 Å². The van der Waals surface area contributed by atoms with Crippen LogP contribution in [0.4, 0.5) is 4.79 Å². The molecular weight excluding hydrogens is 518 g/mol. The Balaban J connectivity index is 0.00000184. The van der Waals surface area contributed by atoms with Gasteiger partial charge in [-0.15, -0.1) is 0 Å². The number of amides is 2. The number of hydrogen-bond donors (Lipinski definition) is 1. The normalized spacial score (nSPS) is 11.4. The van der Waals surface area contributed by atoms with Gasteiger partial charge in [-0.25, -0.2) is 23.0 Å². The topological polar surface area (TPSA) is 137 Å². The van der Waals surface area contributed by atoms with Gasteiger partial charge in [-0.3, -0.25) is 9.04 Å². The fourth-order valence-corrected chi connectivity index (χ4v) is 3.27. The van der Waals surface area contributed by atoms with Crippen molar-refractivity contribution in [2.45, 2.75) is 51.4 Å². The molecular formula is C21H36BrN3O7S. The SMILES string of the molecule is CN(C)C(=O)Oc1cccnc1C(=O)[N+](C)(C)CCCCCCCCCCBr.O=S(=O)([O-])O. The summed E-state index contributed by atoms with van der Waals surface area (Å²) in [7, 11) is 2.05. The van der Waals surface area contributed by atoms with Crippen LogP contribution in [0, 0.1) is 0 Å². The van der Waals surface area contributed by atoms with E-state index >= 15 is 0 Å². The summed E-state index contributed by atoms with van der Waals surface area (Å²) in [6.07, 6.45) is 10.8.